The Kier molecular flexibility index (Phi) is 5.18. The summed E-state index contributed by atoms with van der Waals surface area (Å²) >= 11 is 0. The van der Waals surface area contributed by atoms with Gasteiger partial charge in [-0.05, 0) is 30.4 Å². The number of aliphatic hydroxyl groups excluding tert-OH is 2. The molecule has 36 heavy (non-hydrogen) atoms. The van der Waals surface area contributed by atoms with Crippen LogP contribution in [0, 0.1) is 17.8 Å². The minimum atomic E-state index is -2.88. The van der Waals surface area contributed by atoms with Crippen molar-refractivity contribution < 1.29 is 44.3 Å². The lowest BCUT2D eigenvalue weighted by Crippen LogP contribution is -2.63. The Morgan fingerprint density at radius 2 is 1.81 bits per heavy atom. The number of carbonyl (C=O) groups is 4. The number of aliphatic hydroxyl groups is 3. The molecule has 0 aromatic heterocycles. The Hall–Kier alpha value is -3.86. The molecule has 11 nitrogen and oxygen atoms in total. The van der Waals surface area contributed by atoms with Crippen LogP contribution in [0.1, 0.15) is 54.4 Å². The lowest BCUT2D eigenvalue weighted by Gasteiger charge is -2.51. The third-order valence-electron chi connectivity index (χ3n) is 8.19. The third-order valence-corrected chi connectivity index (χ3v) is 8.19. The summed E-state index contributed by atoms with van der Waals surface area (Å²) in [5.74, 6) is -9.96. The van der Waals surface area contributed by atoms with Crippen molar-refractivity contribution in [1.29, 1.82) is 0 Å². The van der Waals surface area contributed by atoms with Crippen LogP contribution in [0.15, 0.2) is 34.8 Å². The molecular weight excluding hydrogens is 472 g/mol. The average Bonchev–Trinajstić information content (AvgIpc) is 2.76. The molecular formula is C25H26N2O9. The number of benzene rings is 1. The van der Waals surface area contributed by atoms with Crippen molar-refractivity contribution in [2.75, 3.05) is 5.73 Å². The molecule has 11 heteroatoms. The van der Waals surface area contributed by atoms with E-state index in [2.05, 4.69) is 0 Å². The van der Waals surface area contributed by atoms with E-state index in [0.29, 0.717) is 18.4 Å². The predicted octanol–water partition coefficient (Wildman–Crippen LogP) is 1.05. The van der Waals surface area contributed by atoms with Gasteiger partial charge in [0.1, 0.15) is 28.9 Å². The van der Waals surface area contributed by atoms with Crippen molar-refractivity contribution >= 4 is 29.1 Å². The maximum Gasteiger partial charge on any atom is 0.309 e. The highest BCUT2D eigenvalue weighted by molar-refractivity contribution is 6.24. The van der Waals surface area contributed by atoms with Gasteiger partial charge in [-0.25, -0.2) is 0 Å². The molecule has 0 spiro atoms. The molecule has 1 saturated carbocycles. The highest BCUT2D eigenvalue weighted by Gasteiger charge is 2.65. The van der Waals surface area contributed by atoms with Gasteiger partial charge >= 0.3 is 5.97 Å². The van der Waals surface area contributed by atoms with Crippen LogP contribution in [0.3, 0.4) is 0 Å². The number of ether oxygens (including phenoxy) is 1. The fourth-order valence-electron chi connectivity index (χ4n) is 6.01. The highest BCUT2D eigenvalue weighted by atomic mass is 16.5. The normalized spacial score (nSPS) is 31.8. The van der Waals surface area contributed by atoms with Crippen molar-refractivity contribution in [2.45, 2.75) is 50.2 Å². The molecule has 0 bridgehead atoms. The Labute approximate surface area is 205 Å². The molecule has 1 amide bonds. The van der Waals surface area contributed by atoms with Gasteiger partial charge < -0.3 is 36.6 Å². The maximum atomic E-state index is 13.7. The first-order valence-electron chi connectivity index (χ1n) is 11.7. The molecule has 0 radical (unpaired) electrons. The zero-order chi connectivity index (χ0) is 26.3. The zero-order valence-corrected chi connectivity index (χ0v) is 19.4. The number of allylic oxidation sites excluding steroid dienone is 1. The molecule has 1 fully saturated rings. The monoisotopic (exact) mass is 498 g/mol. The molecule has 0 saturated heterocycles. The highest BCUT2D eigenvalue weighted by Crippen LogP contribution is 2.56. The fraction of sp³-hybridized carbons (Fsp3) is 0.440. The van der Waals surface area contributed by atoms with Crippen molar-refractivity contribution in [2.24, 2.45) is 23.5 Å². The predicted molar refractivity (Wildman–Crippen MR) is 123 cm³/mol. The van der Waals surface area contributed by atoms with Crippen LogP contribution >= 0.6 is 0 Å². The molecule has 5 rings (SSSR count). The molecule has 1 aromatic carbocycles. The number of hydrogen-bond donors (Lipinski definition) is 6. The SMILES string of the molecule is C[C@H]1c2ccc(N)c(O)c2C(=O)C2=C(O)[C@]3(O)C(=O)C(C(N)=O)=C(O)C[C@@H]3[C@@H](OC(=O)C3CCC3)[C@@H]21. The number of nitrogen functional groups attached to an aromatic ring is 1. The molecule has 8 N–H and O–H groups in total. The van der Waals surface area contributed by atoms with E-state index >= 15 is 0 Å². The number of anilines is 1. The number of phenols is 1. The molecule has 0 heterocycles. The topological polar surface area (TPSA) is 210 Å². The number of hydrogen-bond acceptors (Lipinski definition) is 10. The number of Topliss-reactive ketones (excluding diaryl/α,β-unsaturated/α-hetero) is 2. The number of esters is 1. The largest absolute Gasteiger partial charge is 0.511 e. The molecule has 4 aliphatic rings. The van der Waals surface area contributed by atoms with Crippen LogP contribution in [-0.4, -0.2) is 55.6 Å². The van der Waals surface area contributed by atoms with E-state index in [1.165, 1.54) is 6.07 Å². The Bertz CT molecular complexity index is 1310. The quantitative estimate of drug-likeness (QED) is 0.151. The van der Waals surface area contributed by atoms with Crippen molar-refractivity contribution in [3.63, 3.8) is 0 Å². The van der Waals surface area contributed by atoms with Crippen LogP contribution in [0.25, 0.3) is 0 Å². The van der Waals surface area contributed by atoms with Crippen molar-refractivity contribution in [3.8, 4) is 5.75 Å². The molecule has 4 aliphatic carbocycles. The molecule has 0 unspecified atom stereocenters. The standard InChI is InChI=1S/C25H26N2O9/c1-8-10-5-6-12(26)18(29)15(10)19(30)17-14(8)20(36-24(34)9-3-2-4-9)11-7-13(28)16(23(27)33)21(31)25(11,35)22(17)32/h5-6,8-9,11,14,20,28-29,32,35H,2-4,7,26H2,1H3,(H2,27,33)/t8-,11+,14+,20+,25+/m0/s1. The number of nitrogens with two attached hydrogens (primary N) is 2. The number of rotatable bonds is 3. The van der Waals surface area contributed by atoms with E-state index < -0.39 is 93.7 Å². The molecule has 0 aliphatic heterocycles. The summed E-state index contributed by atoms with van der Waals surface area (Å²) in [4.78, 5) is 51.8. The van der Waals surface area contributed by atoms with E-state index in [4.69, 9.17) is 16.2 Å². The second-order valence-corrected chi connectivity index (χ2v) is 9.99. The van der Waals surface area contributed by atoms with Gasteiger partial charge in [0.15, 0.2) is 11.4 Å². The van der Waals surface area contributed by atoms with Crippen LogP contribution in [0.5, 0.6) is 5.75 Å². The molecule has 5 atom stereocenters. The first-order valence-corrected chi connectivity index (χ1v) is 11.7. The minimum Gasteiger partial charge on any atom is -0.511 e. The first kappa shape index (κ1) is 23.9. The summed E-state index contributed by atoms with van der Waals surface area (Å²) in [6.45, 7) is 1.68. The number of carbonyl (C=O) groups excluding carboxylic acids is 4. The van der Waals surface area contributed by atoms with E-state index in [1.807, 2.05) is 0 Å². The van der Waals surface area contributed by atoms with Gasteiger partial charge in [0.25, 0.3) is 5.91 Å². The van der Waals surface area contributed by atoms with E-state index in [0.717, 1.165) is 6.42 Å². The Morgan fingerprint density at radius 1 is 1.14 bits per heavy atom. The number of phenolic OH excluding ortho intramolecular Hbond substituents is 1. The van der Waals surface area contributed by atoms with Crippen molar-refractivity contribution in [1.82, 2.24) is 0 Å². The maximum absolute atomic E-state index is 13.7. The van der Waals surface area contributed by atoms with Gasteiger partial charge in [-0.15, -0.1) is 0 Å². The summed E-state index contributed by atoms with van der Waals surface area (Å²) in [6, 6.07) is 2.96. The molecule has 190 valence electrons. The summed E-state index contributed by atoms with van der Waals surface area (Å²) in [5, 5.41) is 44.0. The second kappa shape index (κ2) is 7.82. The van der Waals surface area contributed by atoms with Crippen LogP contribution in [-0.2, 0) is 19.1 Å². The van der Waals surface area contributed by atoms with Gasteiger partial charge in [-0.2, -0.15) is 0 Å². The van der Waals surface area contributed by atoms with E-state index in [1.54, 1.807) is 13.0 Å². The summed E-state index contributed by atoms with van der Waals surface area (Å²) < 4.78 is 5.84. The average molecular weight is 498 g/mol. The van der Waals surface area contributed by atoms with Crippen LogP contribution in [0.4, 0.5) is 5.69 Å². The van der Waals surface area contributed by atoms with Gasteiger partial charge in [-0.3, -0.25) is 19.2 Å². The second-order valence-electron chi connectivity index (χ2n) is 9.99. The number of ketones is 2. The van der Waals surface area contributed by atoms with Gasteiger partial charge in [0.2, 0.25) is 5.78 Å². The van der Waals surface area contributed by atoms with Gasteiger partial charge in [0.05, 0.1) is 17.2 Å². The number of aromatic hydroxyl groups is 1. The van der Waals surface area contributed by atoms with Crippen LogP contribution in [0.2, 0.25) is 0 Å². The third kappa shape index (κ3) is 2.95. The van der Waals surface area contributed by atoms with Gasteiger partial charge in [0, 0.05) is 23.8 Å². The van der Waals surface area contributed by atoms with Crippen molar-refractivity contribution in [3.05, 3.63) is 45.9 Å². The fourth-order valence-corrected chi connectivity index (χ4v) is 6.01. The van der Waals surface area contributed by atoms with E-state index in [-0.39, 0.29) is 11.3 Å². The van der Waals surface area contributed by atoms with Gasteiger partial charge in [-0.1, -0.05) is 19.4 Å². The smallest absolute Gasteiger partial charge is 0.309 e. The minimum absolute atomic E-state index is 0.0918. The summed E-state index contributed by atoms with van der Waals surface area (Å²) in [7, 11) is 0. The lowest BCUT2D eigenvalue weighted by atomic mass is 9.56. The number of amides is 1. The number of fused-ring (bicyclic) bond motifs is 3. The lowest BCUT2D eigenvalue weighted by molar-refractivity contribution is -0.179. The number of primary amides is 1. The Morgan fingerprint density at radius 3 is 2.39 bits per heavy atom. The zero-order valence-electron chi connectivity index (χ0n) is 19.4. The van der Waals surface area contributed by atoms with E-state index in [9.17, 15) is 39.6 Å². The summed E-state index contributed by atoms with van der Waals surface area (Å²) in [5.41, 5.74) is 6.90. The first-order chi connectivity index (χ1) is 16.9. The molecule has 1 aromatic rings. The van der Waals surface area contributed by atoms with Crippen LogP contribution < -0.4 is 11.5 Å². The Balaban J connectivity index is 1.75. The summed E-state index contributed by atoms with van der Waals surface area (Å²) in [6.07, 6.45) is 0.179.